The molecule has 0 radical (unpaired) electrons. The maximum atomic E-state index is 10.2. The summed E-state index contributed by atoms with van der Waals surface area (Å²) in [5, 5.41) is 10.2. The van der Waals surface area contributed by atoms with Crippen LogP contribution in [0.1, 0.15) is 23.1 Å². The van der Waals surface area contributed by atoms with Crippen molar-refractivity contribution in [3.8, 4) is 5.75 Å². The summed E-state index contributed by atoms with van der Waals surface area (Å²) in [4.78, 5) is 8.09. The summed E-state index contributed by atoms with van der Waals surface area (Å²) in [6.07, 6.45) is 2.43. The third-order valence-corrected chi connectivity index (χ3v) is 2.60. The molecule has 0 spiro atoms. The van der Waals surface area contributed by atoms with Crippen molar-refractivity contribution in [2.75, 3.05) is 7.11 Å². The minimum Gasteiger partial charge on any atom is -0.497 e. The molecule has 2 rings (SSSR count). The van der Waals surface area contributed by atoms with Crippen LogP contribution in [0.15, 0.2) is 36.7 Å². The van der Waals surface area contributed by atoms with Gasteiger partial charge < -0.3 is 9.84 Å². The third kappa shape index (κ3) is 2.42. The Labute approximate surface area is 99.9 Å². The second kappa shape index (κ2) is 4.93. The number of aromatic nitrogens is 2. The van der Waals surface area contributed by atoms with Crippen LogP contribution in [0.2, 0.25) is 0 Å². The zero-order valence-electron chi connectivity index (χ0n) is 9.79. The number of aliphatic hydroxyl groups is 1. The maximum absolute atomic E-state index is 10.2. The fraction of sp³-hybridized carbons (Fsp3) is 0.231. The topological polar surface area (TPSA) is 55.2 Å². The molecule has 1 heterocycles. The Morgan fingerprint density at radius 3 is 2.53 bits per heavy atom. The summed E-state index contributed by atoms with van der Waals surface area (Å²) in [5.74, 6) is 1.17. The van der Waals surface area contributed by atoms with Crippen molar-refractivity contribution in [2.45, 2.75) is 13.0 Å². The van der Waals surface area contributed by atoms with Gasteiger partial charge in [-0.15, -0.1) is 0 Å². The molecular weight excluding hydrogens is 216 g/mol. The molecule has 0 aliphatic rings. The Bertz CT molecular complexity index is 500. The van der Waals surface area contributed by atoms with Gasteiger partial charge in [-0.1, -0.05) is 6.07 Å². The highest BCUT2D eigenvalue weighted by Crippen LogP contribution is 2.25. The van der Waals surface area contributed by atoms with Crippen molar-refractivity contribution in [1.29, 1.82) is 0 Å². The van der Waals surface area contributed by atoms with Crippen molar-refractivity contribution in [3.63, 3.8) is 0 Å². The van der Waals surface area contributed by atoms with E-state index in [2.05, 4.69) is 9.97 Å². The van der Waals surface area contributed by atoms with Crippen LogP contribution in [0.5, 0.6) is 5.75 Å². The van der Waals surface area contributed by atoms with E-state index < -0.39 is 6.10 Å². The van der Waals surface area contributed by atoms with Gasteiger partial charge in [0, 0.05) is 12.4 Å². The van der Waals surface area contributed by atoms with Gasteiger partial charge in [0.2, 0.25) is 0 Å². The Morgan fingerprint density at radius 2 is 1.94 bits per heavy atom. The summed E-state index contributed by atoms with van der Waals surface area (Å²) >= 11 is 0. The molecule has 0 fully saturated rings. The van der Waals surface area contributed by atoms with Crippen molar-refractivity contribution in [1.82, 2.24) is 9.97 Å². The van der Waals surface area contributed by atoms with E-state index in [1.54, 1.807) is 25.6 Å². The molecule has 1 aromatic carbocycles. The van der Waals surface area contributed by atoms with E-state index in [4.69, 9.17) is 4.74 Å². The summed E-state index contributed by atoms with van der Waals surface area (Å²) in [6, 6.07) is 7.24. The highest BCUT2D eigenvalue weighted by molar-refractivity contribution is 5.37. The molecule has 88 valence electrons. The molecule has 0 amide bonds. The monoisotopic (exact) mass is 230 g/mol. The standard InChI is InChI=1S/C13H14N2O2/c1-9-8-10(17-2)4-5-11(9)12(16)13-14-6-3-7-15-13/h3-8,12,16H,1-2H3. The van der Waals surface area contributed by atoms with Gasteiger partial charge in [-0.3, -0.25) is 0 Å². The SMILES string of the molecule is COc1ccc(C(O)c2ncccn2)c(C)c1. The van der Waals surface area contributed by atoms with Gasteiger partial charge >= 0.3 is 0 Å². The molecule has 1 aromatic heterocycles. The molecule has 0 saturated carbocycles. The lowest BCUT2D eigenvalue weighted by Crippen LogP contribution is -2.06. The molecule has 1 atom stereocenters. The van der Waals surface area contributed by atoms with Crippen LogP contribution in [-0.2, 0) is 0 Å². The van der Waals surface area contributed by atoms with Crippen LogP contribution in [0.3, 0.4) is 0 Å². The number of benzene rings is 1. The molecule has 0 bridgehead atoms. The van der Waals surface area contributed by atoms with Crippen LogP contribution in [-0.4, -0.2) is 22.2 Å². The first-order valence-corrected chi connectivity index (χ1v) is 5.32. The number of nitrogens with zero attached hydrogens (tertiary/aromatic N) is 2. The van der Waals surface area contributed by atoms with Crippen molar-refractivity contribution >= 4 is 0 Å². The first-order valence-electron chi connectivity index (χ1n) is 5.32. The minimum atomic E-state index is -0.804. The molecule has 4 nitrogen and oxygen atoms in total. The second-order valence-electron chi connectivity index (χ2n) is 3.73. The van der Waals surface area contributed by atoms with Crippen LogP contribution in [0, 0.1) is 6.92 Å². The predicted octanol–water partition coefficient (Wildman–Crippen LogP) is 1.88. The Hall–Kier alpha value is -1.94. The smallest absolute Gasteiger partial charge is 0.161 e. The van der Waals surface area contributed by atoms with Crippen molar-refractivity contribution < 1.29 is 9.84 Å². The maximum Gasteiger partial charge on any atom is 0.161 e. The third-order valence-electron chi connectivity index (χ3n) is 2.60. The quantitative estimate of drug-likeness (QED) is 0.874. The Morgan fingerprint density at radius 1 is 1.24 bits per heavy atom. The first kappa shape index (κ1) is 11.5. The fourth-order valence-electron chi connectivity index (χ4n) is 1.67. The number of ether oxygens (including phenoxy) is 1. The number of methoxy groups -OCH3 is 1. The highest BCUT2D eigenvalue weighted by Gasteiger charge is 2.15. The summed E-state index contributed by atoms with van der Waals surface area (Å²) < 4.78 is 5.12. The summed E-state index contributed by atoms with van der Waals surface area (Å²) in [7, 11) is 1.62. The Balaban J connectivity index is 2.34. The minimum absolute atomic E-state index is 0.403. The van der Waals surface area contributed by atoms with Crippen molar-refractivity contribution in [2.24, 2.45) is 0 Å². The zero-order chi connectivity index (χ0) is 12.3. The summed E-state index contributed by atoms with van der Waals surface area (Å²) in [5.41, 5.74) is 1.74. The number of hydrogen-bond acceptors (Lipinski definition) is 4. The highest BCUT2D eigenvalue weighted by atomic mass is 16.5. The molecule has 1 unspecified atom stereocenters. The van der Waals surface area contributed by atoms with E-state index in [1.807, 2.05) is 25.1 Å². The van der Waals surface area contributed by atoms with E-state index in [9.17, 15) is 5.11 Å². The zero-order valence-corrected chi connectivity index (χ0v) is 9.79. The van der Waals surface area contributed by atoms with Crippen LogP contribution in [0.4, 0.5) is 0 Å². The van der Waals surface area contributed by atoms with Crippen LogP contribution in [0.25, 0.3) is 0 Å². The number of hydrogen-bond donors (Lipinski definition) is 1. The van der Waals surface area contributed by atoms with Crippen LogP contribution >= 0.6 is 0 Å². The first-order chi connectivity index (χ1) is 8.22. The molecule has 0 aliphatic carbocycles. The van der Waals surface area contributed by atoms with Gasteiger partial charge in [-0.05, 0) is 36.2 Å². The molecule has 17 heavy (non-hydrogen) atoms. The van der Waals surface area contributed by atoms with E-state index in [-0.39, 0.29) is 0 Å². The van der Waals surface area contributed by atoms with Gasteiger partial charge in [-0.25, -0.2) is 9.97 Å². The molecule has 2 aromatic rings. The van der Waals surface area contributed by atoms with E-state index in [0.29, 0.717) is 5.82 Å². The van der Waals surface area contributed by atoms with E-state index in [1.165, 1.54) is 0 Å². The molecular formula is C13H14N2O2. The van der Waals surface area contributed by atoms with Gasteiger partial charge in [0.05, 0.1) is 7.11 Å². The number of rotatable bonds is 3. The average Bonchev–Trinajstić information content (AvgIpc) is 2.39. The Kier molecular flexibility index (Phi) is 3.35. The van der Waals surface area contributed by atoms with Gasteiger partial charge in [0.15, 0.2) is 5.82 Å². The predicted molar refractivity (Wildman–Crippen MR) is 63.8 cm³/mol. The lowest BCUT2D eigenvalue weighted by atomic mass is 10.0. The van der Waals surface area contributed by atoms with Crippen molar-refractivity contribution in [3.05, 3.63) is 53.6 Å². The molecule has 0 aliphatic heterocycles. The number of aryl methyl sites for hydroxylation is 1. The van der Waals surface area contributed by atoms with Gasteiger partial charge in [0.25, 0.3) is 0 Å². The van der Waals surface area contributed by atoms with E-state index >= 15 is 0 Å². The van der Waals surface area contributed by atoms with Gasteiger partial charge in [-0.2, -0.15) is 0 Å². The average molecular weight is 230 g/mol. The fourth-order valence-corrected chi connectivity index (χ4v) is 1.67. The molecule has 1 N–H and O–H groups in total. The lowest BCUT2D eigenvalue weighted by molar-refractivity contribution is 0.209. The number of aliphatic hydroxyl groups excluding tert-OH is 1. The second-order valence-corrected chi connectivity index (χ2v) is 3.73. The van der Waals surface area contributed by atoms with Crippen LogP contribution < -0.4 is 4.74 Å². The summed E-state index contributed by atoms with van der Waals surface area (Å²) in [6.45, 7) is 1.92. The molecule has 4 heteroatoms. The van der Waals surface area contributed by atoms with E-state index in [0.717, 1.165) is 16.9 Å². The molecule has 0 saturated heterocycles. The normalized spacial score (nSPS) is 12.2. The van der Waals surface area contributed by atoms with Gasteiger partial charge in [0.1, 0.15) is 11.9 Å². The largest absolute Gasteiger partial charge is 0.497 e. The lowest BCUT2D eigenvalue weighted by Gasteiger charge is -2.13.